The molecule has 0 unspecified atom stereocenters. The first-order valence-corrected chi connectivity index (χ1v) is 7.27. The molecule has 0 spiro atoms. The number of aliphatic carboxylic acids is 1. The number of unbranched alkanes of at least 4 members (excludes halogenated alkanes) is 2. The number of carbonyl (C=O) groups excluding carboxylic acids is 1. The predicted molar refractivity (Wildman–Crippen MR) is 78.5 cm³/mol. The summed E-state index contributed by atoms with van der Waals surface area (Å²) in [4.78, 5) is 26.0. The van der Waals surface area contributed by atoms with Crippen LogP contribution in [0.2, 0.25) is 0 Å². The van der Waals surface area contributed by atoms with Crippen LogP contribution in [0.4, 0.5) is 5.13 Å². The molecule has 7 nitrogen and oxygen atoms in total. The molecule has 0 aliphatic heterocycles. The maximum Gasteiger partial charge on any atom is 0.303 e. The molecule has 0 fully saturated rings. The van der Waals surface area contributed by atoms with Gasteiger partial charge in [0.1, 0.15) is 11.6 Å². The van der Waals surface area contributed by atoms with Crippen molar-refractivity contribution < 1.29 is 14.7 Å². The van der Waals surface area contributed by atoms with Crippen molar-refractivity contribution in [1.82, 2.24) is 10.3 Å². The van der Waals surface area contributed by atoms with Crippen LogP contribution in [0.25, 0.3) is 0 Å². The van der Waals surface area contributed by atoms with Crippen LogP contribution in [-0.4, -0.2) is 28.5 Å². The lowest BCUT2D eigenvalue weighted by Crippen LogP contribution is -2.26. The van der Waals surface area contributed by atoms with Crippen LogP contribution >= 0.6 is 11.3 Å². The zero-order valence-electron chi connectivity index (χ0n) is 11.3. The van der Waals surface area contributed by atoms with Gasteiger partial charge in [0, 0.05) is 30.7 Å². The van der Waals surface area contributed by atoms with E-state index in [1.165, 1.54) is 17.5 Å². The number of carbonyl (C=O) groups is 2. The minimum absolute atomic E-state index is 0.0317. The number of rotatable bonds is 9. The lowest BCUT2D eigenvalue weighted by atomic mass is 10.2. The van der Waals surface area contributed by atoms with Crippen LogP contribution in [-0.2, 0) is 9.59 Å². The van der Waals surface area contributed by atoms with Crippen molar-refractivity contribution in [1.29, 1.82) is 5.26 Å². The monoisotopic (exact) mass is 308 g/mol. The number of hydrogen-bond donors (Lipinski definition) is 3. The van der Waals surface area contributed by atoms with E-state index in [-0.39, 0.29) is 12.0 Å². The van der Waals surface area contributed by atoms with Gasteiger partial charge in [-0.15, -0.1) is 11.3 Å². The molecule has 1 aromatic heterocycles. The number of thiazole rings is 1. The zero-order chi connectivity index (χ0) is 15.5. The Bertz CT molecular complexity index is 534. The van der Waals surface area contributed by atoms with Crippen molar-refractivity contribution in [3.63, 3.8) is 0 Å². The van der Waals surface area contributed by atoms with Crippen LogP contribution in [0.3, 0.4) is 0 Å². The van der Waals surface area contributed by atoms with Gasteiger partial charge in [0.05, 0.1) is 0 Å². The third kappa shape index (κ3) is 7.08. The van der Waals surface area contributed by atoms with Gasteiger partial charge in [0.25, 0.3) is 5.91 Å². The normalized spacial score (nSPS) is 10.7. The summed E-state index contributed by atoms with van der Waals surface area (Å²) in [7, 11) is 0. The van der Waals surface area contributed by atoms with E-state index in [1.807, 2.05) is 6.07 Å². The molecule has 0 aliphatic rings. The summed E-state index contributed by atoms with van der Waals surface area (Å²) >= 11 is 1.36. The lowest BCUT2D eigenvalue weighted by Gasteiger charge is -2.04. The van der Waals surface area contributed by atoms with Crippen LogP contribution < -0.4 is 10.6 Å². The Morgan fingerprint density at radius 1 is 1.43 bits per heavy atom. The number of nitrogens with zero attached hydrogens (tertiary/aromatic N) is 2. The molecule has 0 saturated heterocycles. The van der Waals surface area contributed by atoms with Gasteiger partial charge in [0.2, 0.25) is 0 Å². The third-order valence-electron chi connectivity index (χ3n) is 2.49. The topological polar surface area (TPSA) is 115 Å². The number of anilines is 1. The fourth-order valence-corrected chi connectivity index (χ4v) is 1.95. The number of hydrogen-bond acceptors (Lipinski definition) is 6. The van der Waals surface area contributed by atoms with Crippen LogP contribution in [0, 0.1) is 11.3 Å². The highest BCUT2D eigenvalue weighted by Crippen LogP contribution is 2.10. The van der Waals surface area contributed by atoms with Gasteiger partial charge in [-0.3, -0.25) is 9.59 Å². The number of nitriles is 1. The Labute approximate surface area is 126 Å². The van der Waals surface area contributed by atoms with E-state index in [2.05, 4.69) is 15.6 Å². The average Bonchev–Trinajstić information content (AvgIpc) is 2.96. The van der Waals surface area contributed by atoms with Gasteiger partial charge in [-0.1, -0.05) is 6.42 Å². The molecule has 1 heterocycles. The summed E-state index contributed by atoms with van der Waals surface area (Å²) in [5.74, 6) is -1.28. The Balaban J connectivity index is 2.27. The summed E-state index contributed by atoms with van der Waals surface area (Å²) in [6.07, 6.45) is 5.04. The number of carboxylic acids is 1. The maximum absolute atomic E-state index is 11.7. The second kappa shape index (κ2) is 9.50. The van der Waals surface area contributed by atoms with E-state index >= 15 is 0 Å². The zero-order valence-corrected chi connectivity index (χ0v) is 12.2. The van der Waals surface area contributed by atoms with E-state index < -0.39 is 11.9 Å². The summed E-state index contributed by atoms with van der Waals surface area (Å²) in [5.41, 5.74) is -0.0317. The molecule has 21 heavy (non-hydrogen) atoms. The van der Waals surface area contributed by atoms with E-state index in [1.54, 1.807) is 11.6 Å². The van der Waals surface area contributed by atoms with Crippen molar-refractivity contribution >= 4 is 28.3 Å². The SMILES string of the molecule is N#C/C(=C/Nc1nccs1)C(=O)NCCCCCC(=O)O. The van der Waals surface area contributed by atoms with Gasteiger partial charge < -0.3 is 15.7 Å². The second-order valence-corrected chi connectivity index (χ2v) is 5.01. The van der Waals surface area contributed by atoms with Gasteiger partial charge in [-0.2, -0.15) is 5.26 Å². The van der Waals surface area contributed by atoms with E-state index in [0.29, 0.717) is 24.5 Å². The van der Waals surface area contributed by atoms with Crippen molar-refractivity contribution in [2.75, 3.05) is 11.9 Å². The molecule has 112 valence electrons. The number of carboxylic acid groups (broad SMARTS) is 1. The fourth-order valence-electron chi connectivity index (χ4n) is 1.45. The number of aromatic nitrogens is 1. The quantitative estimate of drug-likeness (QED) is 0.363. The fraction of sp³-hybridized carbons (Fsp3) is 0.385. The highest BCUT2D eigenvalue weighted by Gasteiger charge is 2.08. The van der Waals surface area contributed by atoms with E-state index in [4.69, 9.17) is 10.4 Å². The molecule has 1 amide bonds. The van der Waals surface area contributed by atoms with Gasteiger partial charge in [-0.05, 0) is 12.8 Å². The van der Waals surface area contributed by atoms with Crippen LogP contribution in [0.15, 0.2) is 23.3 Å². The first kappa shape index (κ1) is 16.7. The molecule has 0 saturated carbocycles. The first-order valence-electron chi connectivity index (χ1n) is 6.39. The van der Waals surface area contributed by atoms with Crippen LogP contribution in [0.5, 0.6) is 0 Å². The molecule has 0 aliphatic carbocycles. The molecule has 1 rings (SSSR count). The van der Waals surface area contributed by atoms with Gasteiger partial charge in [0.15, 0.2) is 5.13 Å². The molecular weight excluding hydrogens is 292 g/mol. The standard InChI is InChI=1S/C13H16N4O3S/c14-8-10(9-17-13-16-6-7-21-13)12(20)15-5-3-1-2-4-11(18)19/h6-7,9H,1-5H2,(H,15,20)(H,16,17)(H,18,19)/b10-9-. The molecule has 0 bridgehead atoms. The lowest BCUT2D eigenvalue weighted by molar-refractivity contribution is -0.137. The van der Waals surface area contributed by atoms with Crippen molar-refractivity contribution in [3.8, 4) is 6.07 Å². The minimum Gasteiger partial charge on any atom is -0.481 e. The Morgan fingerprint density at radius 3 is 2.86 bits per heavy atom. The largest absolute Gasteiger partial charge is 0.481 e. The highest BCUT2D eigenvalue weighted by atomic mass is 32.1. The Morgan fingerprint density at radius 2 is 2.24 bits per heavy atom. The minimum atomic E-state index is -0.818. The second-order valence-electron chi connectivity index (χ2n) is 4.11. The van der Waals surface area contributed by atoms with E-state index in [9.17, 15) is 9.59 Å². The summed E-state index contributed by atoms with van der Waals surface area (Å²) in [5, 5.41) is 25.2. The molecular formula is C13H16N4O3S. The molecule has 1 aromatic rings. The van der Waals surface area contributed by atoms with Crippen LogP contribution in [0.1, 0.15) is 25.7 Å². The van der Waals surface area contributed by atoms with Gasteiger partial charge in [-0.25, -0.2) is 4.98 Å². The maximum atomic E-state index is 11.7. The molecule has 0 atom stereocenters. The number of amides is 1. The molecule has 0 aromatic carbocycles. The van der Waals surface area contributed by atoms with Crippen molar-refractivity contribution in [2.45, 2.75) is 25.7 Å². The molecule has 8 heteroatoms. The average molecular weight is 308 g/mol. The Kier molecular flexibility index (Phi) is 7.53. The summed E-state index contributed by atoms with van der Waals surface area (Å²) in [6.45, 7) is 0.411. The predicted octanol–water partition coefficient (Wildman–Crippen LogP) is 1.72. The molecule has 0 radical (unpaired) electrons. The van der Waals surface area contributed by atoms with Crippen molar-refractivity contribution in [2.24, 2.45) is 0 Å². The van der Waals surface area contributed by atoms with Crippen molar-refractivity contribution in [3.05, 3.63) is 23.3 Å². The third-order valence-corrected chi connectivity index (χ3v) is 3.19. The first-order chi connectivity index (χ1) is 10.1. The highest BCUT2D eigenvalue weighted by molar-refractivity contribution is 7.13. The van der Waals surface area contributed by atoms with Gasteiger partial charge >= 0.3 is 5.97 Å². The Hall–Kier alpha value is -2.40. The summed E-state index contributed by atoms with van der Waals surface area (Å²) in [6, 6.07) is 1.82. The van der Waals surface area contributed by atoms with E-state index in [0.717, 1.165) is 6.42 Å². The summed E-state index contributed by atoms with van der Waals surface area (Å²) < 4.78 is 0. The molecule has 3 N–H and O–H groups in total. The smallest absolute Gasteiger partial charge is 0.303 e. The number of nitrogens with one attached hydrogen (secondary N) is 2.